The highest BCUT2D eigenvalue weighted by molar-refractivity contribution is 6.25. The standard InChI is InChI=1S/C46H35N/c1-3-11-34(12-4-1)42(35-13-5-2-6-14-35)31-32-21-27-39(28-22-32)47(43-20-10-16-33-15-7-8-19-40(33)43)44-30-26-38-24-23-36-17-9-18-37-25-29-41(44)46(38)45(36)37/h1-6,9-14,16-18,20-31H,7-8,15,19H2. The van der Waals surface area contributed by atoms with Gasteiger partial charge in [0.15, 0.2) is 0 Å². The van der Waals surface area contributed by atoms with Crippen LogP contribution in [0, 0.1) is 0 Å². The van der Waals surface area contributed by atoms with Crippen LogP contribution in [0.5, 0.6) is 0 Å². The van der Waals surface area contributed by atoms with Crippen LogP contribution in [0.25, 0.3) is 44.0 Å². The van der Waals surface area contributed by atoms with Gasteiger partial charge in [-0.25, -0.2) is 0 Å². The molecule has 0 saturated carbocycles. The van der Waals surface area contributed by atoms with Gasteiger partial charge in [0.25, 0.3) is 0 Å². The Morgan fingerprint density at radius 3 is 1.81 bits per heavy atom. The van der Waals surface area contributed by atoms with Crippen molar-refractivity contribution in [1.82, 2.24) is 0 Å². The molecule has 0 N–H and O–H groups in total. The molecule has 1 aliphatic carbocycles. The van der Waals surface area contributed by atoms with E-state index in [2.05, 4.69) is 169 Å². The molecular formula is C46H35N. The number of nitrogens with zero attached hydrogens (tertiary/aromatic N) is 1. The van der Waals surface area contributed by atoms with Gasteiger partial charge in [-0.15, -0.1) is 0 Å². The number of hydrogen-bond acceptors (Lipinski definition) is 1. The molecule has 0 radical (unpaired) electrons. The van der Waals surface area contributed by atoms with Gasteiger partial charge >= 0.3 is 0 Å². The molecule has 0 heterocycles. The zero-order valence-electron chi connectivity index (χ0n) is 26.4. The summed E-state index contributed by atoms with van der Waals surface area (Å²) < 4.78 is 0. The smallest absolute Gasteiger partial charge is 0.0540 e. The Hall–Kier alpha value is -5.66. The Balaban J connectivity index is 1.23. The first-order chi connectivity index (χ1) is 23.3. The Morgan fingerprint density at radius 2 is 1.09 bits per heavy atom. The van der Waals surface area contributed by atoms with Crippen LogP contribution >= 0.6 is 0 Å². The summed E-state index contributed by atoms with van der Waals surface area (Å²) in [5.74, 6) is 0. The van der Waals surface area contributed by atoms with Crippen molar-refractivity contribution >= 4 is 61.0 Å². The average Bonchev–Trinajstić information content (AvgIpc) is 3.15. The topological polar surface area (TPSA) is 3.24 Å². The van der Waals surface area contributed by atoms with E-state index in [0.717, 1.165) is 12.8 Å². The van der Waals surface area contributed by atoms with Gasteiger partial charge in [-0.2, -0.15) is 0 Å². The zero-order chi connectivity index (χ0) is 31.2. The van der Waals surface area contributed by atoms with E-state index < -0.39 is 0 Å². The maximum absolute atomic E-state index is 2.53. The third-order valence-electron chi connectivity index (χ3n) is 9.99. The first-order valence-corrected chi connectivity index (χ1v) is 16.8. The van der Waals surface area contributed by atoms with Crippen molar-refractivity contribution in [1.29, 1.82) is 0 Å². The van der Waals surface area contributed by atoms with Gasteiger partial charge in [0, 0.05) is 16.8 Å². The van der Waals surface area contributed by atoms with E-state index in [-0.39, 0.29) is 0 Å². The lowest BCUT2D eigenvalue weighted by Gasteiger charge is -2.31. The third-order valence-corrected chi connectivity index (χ3v) is 9.99. The van der Waals surface area contributed by atoms with Crippen LogP contribution in [0.4, 0.5) is 17.1 Å². The van der Waals surface area contributed by atoms with Crippen LogP contribution in [0.2, 0.25) is 0 Å². The van der Waals surface area contributed by atoms with E-state index in [1.807, 2.05) is 0 Å². The Morgan fingerprint density at radius 1 is 0.468 bits per heavy atom. The first-order valence-electron chi connectivity index (χ1n) is 16.8. The number of anilines is 3. The van der Waals surface area contributed by atoms with Crippen molar-refractivity contribution in [3.05, 3.63) is 186 Å². The molecule has 8 aromatic carbocycles. The number of rotatable bonds is 6. The average molecular weight is 602 g/mol. The molecule has 0 aromatic heterocycles. The maximum atomic E-state index is 2.53. The van der Waals surface area contributed by atoms with Crippen molar-refractivity contribution in [2.75, 3.05) is 4.90 Å². The van der Waals surface area contributed by atoms with E-state index in [1.165, 1.54) is 95.6 Å². The van der Waals surface area contributed by atoms with Crippen molar-refractivity contribution < 1.29 is 0 Å². The van der Waals surface area contributed by atoms with Crippen molar-refractivity contribution in [2.45, 2.75) is 25.7 Å². The van der Waals surface area contributed by atoms with Gasteiger partial charge in [-0.1, -0.05) is 133 Å². The van der Waals surface area contributed by atoms with Gasteiger partial charge in [0.05, 0.1) is 5.69 Å². The van der Waals surface area contributed by atoms with E-state index in [0.29, 0.717) is 0 Å². The van der Waals surface area contributed by atoms with E-state index in [4.69, 9.17) is 0 Å². The molecule has 8 aromatic rings. The van der Waals surface area contributed by atoms with Crippen molar-refractivity contribution in [3.63, 3.8) is 0 Å². The van der Waals surface area contributed by atoms with E-state index >= 15 is 0 Å². The summed E-state index contributed by atoms with van der Waals surface area (Å²) in [6.07, 6.45) is 7.09. The van der Waals surface area contributed by atoms with Crippen LogP contribution < -0.4 is 4.90 Å². The summed E-state index contributed by atoms with van der Waals surface area (Å²) in [4.78, 5) is 2.53. The van der Waals surface area contributed by atoms with Crippen LogP contribution in [-0.4, -0.2) is 0 Å². The van der Waals surface area contributed by atoms with Gasteiger partial charge in [-0.3, -0.25) is 0 Å². The number of benzene rings is 8. The molecule has 0 amide bonds. The van der Waals surface area contributed by atoms with Gasteiger partial charge in [-0.05, 0) is 116 Å². The largest absolute Gasteiger partial charge is 0.310 e. The lowest BCUT2D eigenvalue weighted by molar-refractivity contribution is 0.686. The Labute approximate surface area is 276 Å². The van der Waals surface area contributed by atoms with Crippen LogP contribution in [-0.2, 0) is 12.8 Å². The minimum atomic E-state index is 1.12. The lowest BCUT2D eigenvalue weighted by Crippen LogP contribution is -2.15. The van der Waals surface area contributed by atoms with Crippen LogP contribution in [0.15, 0.2) is 158 Å². The highest BCUT2D eigenvalue weighted by Gasteiger charge is 2.23. The van der Waals surface area contributed by atoms with Gasteiger partial charge in [0.1, 0.15) is 0 Å². The molecule has 0 spiro atoms. The number of aryl methyl sites for hydroxylation is 1. The highest BCUT2D eigenvalue weighted by atomic mass is 15.1. The van der Waals surface area contributed by atoms with Gasteiger partial charge < -0.3 is 4.90 Å². The normalized spacial score (nSPS) is 12.8. The van der Waals surface area contributed by atoms with E-state index in [1.54, 1.807) is 0 Å². The molecular weight excluding hydrogens is 567 g/mol. The Bertz CT molecular complexity index is 2330. The quantitative estimate of drug-likeness (QED) is 0.135. The maximum Gasteiger partial charge on any atom is 0.0540 e. The third kappa shape index (κ3) is 4.87. The fourth-order valence-corrected chi connectivity index (χ4v) is 7.75. The zero-order valence-corrected chi connectivity index (χ0v) is 26.4. The summed E-state index contributed by atoms with van der Waals surface area (Å²) in [6.45, 7) is 0. The summed E-state index contributed by atoms with van der Waals surface area (Å²) in [5, 5.41) is 7.88. The molecule has 0 fully saturated rings. The summed E-state index contributed by atoms with van der Waals surface area (Å²) in [5.41, 5.74) is 11.5. The van der Waals surface area contributed by atoms with Crippen molar-refractivity contribution in [2.24, 2.45) is 0 Å². The second-order valence-electron chi connectivity index (χ2n) is 12.8. The second-order valence-corrected chi connectivity index (χ2v) is 12.8. The molecule has 0 unspecified atom stereocenters. The molecule has 0 saturated heterocycles. The monoisotopic (exact) mass is 601 g/mol. The Kier molecular flexibility index (Phi) is 6.82. The molecule has 1 nitrogen and oxygen atoms in total. The van der Waals surface area contributed by atoms with Crippen LogP contribution in [0.3, 0.4) is 0 Å². The molecule has 9 rings (SSSR count). The second kappa shape index (κ2) is 11.6. The van der Waals surface area contributed by atoms with Gasteiger partial charge in [0.2, 0.25) is 0 Å². The number of hydrogen-bond donors (Lipinski definition) is 0. The highest BCUT2D eigenvalue weighted by Crippen LogP contribution is 2.46. The molecule has 1 heteroatoms. The molecule has 0 bridgehead atoms. The summed E-state index contributed by atoms with van der Waals surface area (Å²) >= 11 is 0. The molecule has 0 aliphatic heterocycles. The van der Waals surface area contributed by atoms with E-state index in [9.17, 15) is 0 Å². The van der Waals surface area contributed by atoms with Crippen molar-refractivity contribution in [3.8, 4) is 0 Å². The predicted octanol–water partition coefficient (Wildman–Crippen LogP) is 12.5. The van der Waals surface area contributed by atoms with Crippen LogP contribution in [0.1, 0.15) is 40.7 Å². The predicted molar refractivity (Wildman–Crippen MR) is 201 cm³/mol. The number of fused-ring (bicyclic) bond motifs is 1. The molecule has 224 valence electrons. The lowest BCUT2D eigenvalue weighted by atomic mass is 9.89. The SMILES string of the molecule is C(=C(c1ccccc1)c1ccccc1)c1ccc(N(c2cccc3c2CCCC3)c2ccc3ccc4cccc5ccc2c3c45)cc1. The summed E-state index contributed by atoms with van der Waals surface area (Å²) in [7, 11) is 0. The molecule has 0 atom stereocenters. The first kappa shape index (κ1) is 27.6. The minimum Gasteiger partial charge on any atom is -0.310 e. The molecule has 47 heavy (non-hydrogen) atoms. The minimum absolute atomic E-state index is 1.12. The fourth-order valence-electron chi connectivity index (χ4n) is 7.75. The summed E-state index contributed by atoms with van der Waals surface area (Å²) in [6, 6.07) is 58.0. The fraction of sp³-hybridized carbons (Fsp3) is 0.0870. The molecule has 1 aliphatic rings.